The Morgan fingerprint density at radius 3 is 2.80 bits per heavy atom. The fraction of sp³-hybridized carbons (Fsp3) is 0.538. The van der Waals surface area contributed by atoms with Crippen LogP contribution in [0.4, 0.5) is 0 Å². The molecule has 0 radical (unpaired) electrons. The third-order valence-electron chi connectivity index (χ3n) is 3.55. The predicted octanol–water partition coefficient (Wildman–Crippen LogP) is 2.68. The smallest absolute Gasteiger partial charge is 0.156 e. The van der Waals surface area contributed by atoms with E-state index in [-0.39, 0.29) is 12.4 Å². The fourth-order valence-electron chi connectivity index (χ4n) is 2.82. The van der Waals surface area contributed by atoms with Crippen molar-refractivity contribution in [2.45, 2.75) is 38.8 Å². The van der Waals surface area contributed by atoms with Crippen LogP contribution in [0.5, 0.6) is 0 Å². The van der Waals surface area contributed by atoms with Gasteiger partial charge >= 0.3 is 0 Å². The van der Waals surface area contributed by atoms with E-state index < -0.39 is 0 Å². The fourth-order valence-corrected chi connectivity index (χ4v) is 2.82. The molecule has 0 bridgehead atoms. The van der Waals surface area contributed by atoms with Crippen LogP contribution < -0.4 is 0 Å². The Bertz CT molecular complexity index is 375. The minimum Gasteiger partial charge on any atom is -0.350 e. The maximum absolute atomic E-state index is 5.88. The molecule has 1 saturated heterocycles. The number of hydrogen-bond donors (Lipinski definition) is 0. The second-order valence-corrected chi connectivity index (χ2v) is 4.53. The Morgan fingerprint density at radius 2 is 1.93 bits per heavy atom. The van der Waals surface area contributed by atoms with Crippen LogP contribution in [0.2, 0.25) is 0 Å². The molecule has 2 nitrogen and oxygen atoms in total. The number of fused-ring (bicyclic) bond motifs is 3. The zero-order chi connectivity index (χ0) is 10.4. The molecule has 80 valence electrons. The third-order valence-corrected chi connectivity index (χ3v) is 3.55. The summed E-state index contributed by atoms with van der Waals surface area (Å²) >= 11 is 0. The summed E-state index contributed by atoms with van der Waals surface area (Å²) < 4.78 is 11.6. The van der Waals surface area contributed by atoms with Gasteiger partial charge in [0.15, 0.2) is 6.29 Å². The Labute approximate surface area is 90.2 Å². The average Bonchev–Trinajstić information content (AvgIpc) is 2.57. The van der Waals surface area contributed by atoms with Crippen LogP contribution in [0.25, 0.3) is 0 Å². The largest absolute Gasteiger partial charge is 0.350 e. The first kappa shape index (κ1) is 9.37. The van der Waals surface area contributed by atoms with Gasteiger partial charge in [0.25, 0.3) is 0 Å². The van der Waals surface area contributed by atoms with Crippen LogP contribution in [0, 0.1) is 5.92 Å². The minimum absolute atomic E-state index is 0.0765. The van der Waals surface area contributed by atoms with Gasteiger partial charge in [0.1, 0.15) is 0 Å². The predicted molar refractivity (Wildman–Crippen MR) is 57.5 cm³/mol. The second-order valence-electron chi connectivity index (χ2n) is 4.53. The normalized spacial score (nSPS) is 38.5. The van der Waals surface area contributed by atoms with Crippen molar-refractivity contribution in [1.82, 2.24) is 0 Å². The molecule has 3 rings (SSSR count). The van der Waals surface area contributed by atoms with E-state index in [1.54, 1.807) is 0 Å². The van der Waals surface area contributed by atoms with Crippen molar-refractivity contribution >= 4 is 0 Å². The lowest BCUT2D eigenvalue weighted by atomic mass is 9.96. The van der Waals surface area contributed by atoms with E-state index in [0.29, 0.717) is 12.0 Å². The van der Waals surface area contributed by atoms with Crippen LogP contribution in [0.3, 0.4) is 0 Å². The lowest BCUT2D eigenvalue weighted by Gasteiger charge is -2.36. The van der Waals surface area contributed by atoms with Gasteiger partial charge in [-0.2, -0.15) is 0 Å². The van der Waals surface area contributed by atoms with Crippen molar-refractivity contribution in [3.8, 4) is 0 Å². The molecular formula is C13H16O2. The summed E-state index contributed by atoms with van der Waals surface area (Å²) in [4.78, 5) is 0. The molecule has 4 atom stereocenters. The molecule has 1 fully saturated rings. The summed E-state index contributed by atoms with van der Waals surface area (Å²) in [7, 11) is 0. The van der Waals surface area contributed by atoms with Crippen molar-refractivity contribution in [1.29, 1.82) is 0 Å². The quantitative estimate of drug-likeness (QED) is 0.647. The summed E-state index contributed by atoms with van der Waals surface area (Å²) in [6, 6.07) is 8.58. The molecule has 2 aliphatic rings. The van der Waals surface area contributed by atoms with E-state index in [2.05, 4.69) is 31.2 Å². The van der Waals surface area contributed by atoms with Gasteiger partial charge in [0, 0.05) is 5.92 Å². The van der Waals surface area contributed by atoms with Gasteiger partial charge in [-0.15, -0.1) is 0 Å². The Balaban J connectivity index is 1.98. The molecule has 0 saturated carbocycles. The molecule has 15 heavy (non-hydrogen) atoms. The summed E-state index contributed by atoms with van der Waals surface area (Å²) in [5, 5.41) is 0. The second kappa shape index (κ2) is 3.32. The minimum atomic E-state index is -0.0765. The van der Waals surface area contributed by atoms with Gasteiger partial charge in [-0.3, -0.25) is 0 Å². The van der Waals surface area contributed by atoms with E-state index >= 15 is 0 Å². The molecule has 0 amide bonds. The van der Waals surface area contributed by atoms with Gasteiger partial charge in [0.05, 0.1) is 12.2 Å². The Hall–Kier alpha value is -0.860. The molecule has 1 aliphatic carbocycles. The van der Waals surface area contributed by atoms with Crippen molar-refractivity contribution in [3.63, 3.8) is 0 Å². The van der Waals surface area contributed by atoms with Crippen molar-refractivity contribution in [3.05, 3.63) is 35.4 Å². The summed E-state index contributed by atoms with van der Waals surface area (Å²) in [5.74, 6) is 0.499. The monoisotopic (exact) mass is 204 g/mol. The zero-order valence-electron chi connectivity index (χ0n) is 9.14. The van der Waals surface area contributed by atoms with E-state index in [9.17, 15) is 0 Å². The highest BCUT2D eigenvalue weighted by Crippen LogP contribution is 2.44. The Morgan fingerprint density at radius 1 is 1.13 bits per heavy atom. The third kappa shape index (κ3) is 1.40. The van der Waals surface area contributed by atoms with E-state index in [4.69, 9.17) is 9.47 Å². The van der Waals surface area contributed by atoms with E-state index in [1.165, 1.54) is 11.1 Å². The van der Waals surface area contributed by atoms with Gasteiger partial charge < -0.3 is 9.47 Å². The maximum Gasteiger partial charge on any atom is 0.156 e. The molecule has 0 aromatic heterocycles. The molecule has 1 heterocycles. The lowest BCUT2D eigenvalue weighted by molar-refractivity contribution is -0.254. The van der Waals surface area contributed by atoms with Crippen LogP contribution in [-0.4, -0.2) is 12.4 Å². The van der Waals surface area contributed by atoms with Crippen molar-refractivity contribution in [2.24, 2.45) is 5.92 Å². The SMILES string of the molecule is C[C@@H]1O[C@H](C)[C@H]2Cc3ccccc3[C@@H]2O1. The standard InChI is InChI=1S/C13H16O2/c1-8-12-7-10-5-3-4-6-11(10)13(12)15-9(2)14-8/h3-6,8-9,12-13H,7H2,1-2H3/t8-,9-,12-,13+/m1/s1. The van der Waals surface area contributed by atoms with Gasteiger partial charge in [-0.05, 0) is 31.4 Å². The summed E-state index contributed by atoms with van der Waals surface area (Å²) in [6.45, 7) is 4.14. The number of hydrogen-bond acceptors (Lipinski definition) is 2. The van der Waals surface area contributed by atoms with Crippen LogP contribution in [-0.2, 0) is 15.9 Å². The van der Waals surface area contributed by atoms with Crippen LogP contribution >= 0.6 is 0 Å². The summed E-state index contributed by atoms with van der Waals surface area (Å²) in [6.07, 6.45) is 1.56. The van der Waals surface area contributed by atoms with Gasteiger partial charge in [-0.1, -0.05) is 24.3 Å². The molecule has 1 aromatic carbocycles. The highest BCUT2D eigenvalue weighted by atomic mass is 16.7. The summed E-state index contributed by atoms with van der Waals surface area (Å²) in [5.41, 5.74) is 2.79. The van der Waals surface area contributed by atoms with E-state index in [0.717, 1.165) is 6.42 Å². The number of rotatable bonds is 0. The Kier molecular flexibility index (Phi) is 2.08. The molecule has 1 aliphatic heterocycles. The molecular weight excluding hydrogens is 188 g/mol. The molecule has 2 heteroatoms. The zero-order valence-corrected chi connectivity index (χ0v) is 9.14. The van der Waals surface area contributed by atoms with Crippen LogP contribution in [0.15, 0.2) is 24.3 Å². The van der Waals surface area contributed by atoms with Crippen molar-refractivity contribution < 1.29 is 9.47 Å². The maximum atomic E-state index is 5.88. The first-order valence-corrected chi connectivity index (χ1v) is 5.64. The van der Waals surface area contributed by atoms with Gasteiger partial charge in [-0.25, -0.2) is 0 Å². The number of benzene rings is 1. The highest BCUT2D eigenvalue weighted by Gasteiger charge is 2.41. The molecule has 0 unspecified atom stereocenters. The highest BCUT2D eigenvalue weighted by molar-refractivity contribution is 5.35. The first-order valence-electron chi connectivity index (χ1n) is 5.64. The number of ether oxygens (including phenoxy) is 2. The van der Waals surface area contributed by atoms with E-state index in [1.807, 2.05) is 6.92 Å². The first-order chi connectivity index (χ1) is 7.25. The van der Waals surface area contributed by atoms with Crippen molar-refractivity contribution in [2.75, 3.05) is 0 Å². The topological polar surface area (TPSA) is 18.5 Å². The molecule has 0 N–H and O–H groups in total. The average molecular weight is 204 g/mol. The van der Waals surface area contributed by atoms with Crippen LogP contribution in [0.1, 0.15) is 31.1 Å². The molecule has 1 aromatic rings. The lowest BCUT2D eigenvalue weighted by Crippen LogP contribution is -2.37. The molecule has 0 spiro atoms. The van der Waals surface area contributed by atoms with Gasteiger partial charge in [0.2, 0.25) is 0 Å².